The second kappa shape index (κ2) is 9.16. The zero-order valence-corrected chi connectivity index (χ0v) is 18.8. The van der Waals surface area contributed by atoms with Crippen LogP contribution in [0.5, 0.6) is 0 Å². The number of halogens is 2. The van der Waals surface area contributed by atoms with Crippen LogP contribution in [0.15, 0.2) is 51.7 Å². The molecular weight excluding hydrogens is 456 g/mol. The zero-order valence-electron chi connectivity index (χ0n) is 18.0. The minimum absolute atomic E-state index is 0.112. The van der Waals surface area contributed by atoms with Crippen molar-refractivity contribution in [3.8, 4) is 0 Å². The average molecular weight is 480 g/mol. The van der Waals surface area contributed by atoms with E-state index < -0.39 is 38.8 Å². The fraction of sp³-hybridized carbons (Fsp3) is 0.364. The summed E-state index contributed by atoms with van der Waals surface area (Å²) in [5.74, 6) is -2.77. The molecule has 0 spiro atoms. The van der Waals surface area contributed by atoms with E-state index in [4.69, 9.17) is 9.15 Å². The molecule has 0 saturated carbocycles. The number of aromatic nitrogens is 2. The predicted octanol–water partition coefficient (Wildman–Crippen LogP) is 3.43. The van der Waals surface area contributed by atoms with Gasteiger partial charge in [0.15, 0.2) is 6.10 Å². The molecule has 0 unspecified atom stereocenters. The van der Waals surface area contributed by atoms with Gasteiger partial charge in [-0.15, -0.1) is 5.10 Å². The van der Waals surface area contributed by atoms with Crippen LogP contribution in [-0.2, 0) is 21.3 Å². The minimum atomic E-state index is -3.81. The summed E-state index contributed by atoms with van der Waals surface area (Å²) in [5, 5.41) is 4.91. The van der Waals surface area contributed by atoms with Crippen molar-refractivity contribution in [3.05, 3.63) is 87.2 Å². The molecule has 1 aliphatic rings. The molecule has 1 N–H and O–H groups in total. The van der Waals surface area contributed by atoms with Crippen LogP contribution in [0.2, 0.25) is 0 Å². The molecule has 1 aromatic heterocycles. The Morgan fingerprint density at radius 3 is 2.58 bits per heavy atom. The van der Waals surface area contributed by atoms with E-state index in [0.29, 0.717) is 18.4 Å². The Balaban J connectivity index is 1.65. The Kier molecular flexibility index (Phi) is 6.46. The molecule has 2 aromatic carbocycles. The molecule has 3 aromatic rings. The highest BCUT2D eigenvalue weighted by Crippen LogP contribution is 2.38. The second-order valence-corrected chi connectivity index (χ2v) is 10.0. The number of methoxy groups -OCH3 is 1. The van der Waals surface area contributed by atoms with Crippen molar-refractivity contribution in [2.75, 3.05) is 7.11 Å². The maximum atomic E-state index is 15.0. The first-order chi connectivity index (χ1) is 15.7. The monoisotopic (exact) mass is 479 g/mol. The summed E-state index contributed by atoms with van der Waals surface area (Å²) in [5.41, 5.74) is 0.323. The van der Waals surface area contributed by atoms with E-state index in [0.717, 1.165) is 12.1 Å². The van der Waals surface area contributed by atoms with Crippen molar-refractivity contribution in [2.24, 2.45) is 0 Å². The van der Waals surface area contributed by atoms with Gasteiger partial charge in [-0.05, 0) is 37.5 Å². The molecule has 8 nitrogen and oxygen atoms in total. The molecular formula is C22H23F2N3O5S. The number of nitrogens with one attached hydrogen (secondary N) is 1. The standard InChI is InChI=1S/C22H23F2N3O5S/c1-13-8-9-19(14-6-4-3-5-7-14)33(29,30)27(13)12-15-10-18(24)16(11-17(15)23)20(31-2)21-25-26-22(28)32-21/h3-7,10-11,13,19-20H,8-9,12H2,1-2H3,(H,26,28)/t13-,19+,20+/m0/s1. The number of rotatable bonds is 6. The first kappa shape index (κ1) is 23.3. The van der Waals surface area contributed by atoms with Gasteiger partial charge in [0.1, 0.15) is 16.9 Å². The molecule has 0 radical (unpaired) electrons. The third kappa shape index (κ3) is 4.48. The van der Waals surface area contributed by atoms with Gasteiger partial charge in [0.2, 0.25) is 10.0 Å². The van der Waals surface area contributed by atoms with E-state index in [1.807, 2.05) is 5.10 Å². The molecule has 1 saturated heterocycles. The summed E-state index contributed by atoms with van der Waals surface area (Å²) in [6.45, 7) is 1.44. The fourth-order valence-corrected chi connectivity index (χ4v) is 6.35. The quantitative estimate of drug-likeness (QED) is 0.581. The second-order valence-electron chi connectivity index (χ2n) is 7.95. The molecule has 0 aliphatic carbocycles. The number of nitrogens with zero attached hydrogens (tertiary/aromatic N) is 2. The summed E-state index contributed by atoms with van der Waals surface area (Å²) in [4.78, 5) is 11.2. The first-order valence-electron chi connectivity index (χ1n) is 10.3. The number of hydrogen-bond acceptors (Lipinski definition) is 6. The van der Waals surface area contributed by atoms with Gasteiger partial charge in [0.25, 0.3) is 5.89 Å². The van der Waals surface area contributed by atoms with Crippen molar-refractivity contribution < 1.29 is 26.4 Å². The Morgan fingerprint density at radius 1 is 1.21 bits per heavy atom. The van der Waals surface area contributed by atoms with Gasteiger partial charge in [-0.3, -0.25) is 0 Å². The topological polar surface area (TPSA) is 106 Å². The van der Waals surface area contributed by atoms with Crippen molar-refractivity contribution in [1.29, 1.82) is 0 Å². The number of benzene rings is 2. The Bertz CT molecular complexity index is 1290. The van der Waals surface area contributed by atoms with E-state index >= 15 is 4.39 Å². The molecule has 1 fully saturated rings. The van der Waals surface area contributed by atoms with Crippen molar-refractivity contribution in [3.63, 3.8) is 0 Å². The number of ether oxygens (including phenoxy) is 1. The highest BCUT2D eigenvalue weighted by molar-refractivity contribution is 7.89. The number of H-pyrrole nitrogens is 1. The molecule has 4 rings (SSSR count). The highest BCUT2D eigenvalue weighted by Gasteiger charge is 2.41. The number of hydrogen-bond donors (Lipinski definition) is 1. The van der Waals surface area contributed by atoms with Crippen LogP contribution < -0.4 is 5.76 Å². The first-order valence-corrected chi connectivity index (χ1v) is 11.8. The summed E-state index contributed by atoms with van der Waals surface area (Å²) in [6, 6.07) is 10.3. The summed E-state index contributed by atoms with van der Waals surface area (Å²) >= 11 is 0. The summed E-state index contributed by atoms with van der Waals surface area (Å²) in [7, 11) is -2.58. The molecule has 11 heteroatoms. The van der Waals surface area contributed by atoms with Crippen LogP contribution in [0.4, 0.5) is 8.78 Å². The normalized spacial score (nSPS) is 21.7. The zero-order chi connectivity index (χ0) is 23.8. The molecule has 0 amide bonds. The van der Waals surface area contributed by atoms with Crippen molar-refractivity contribution in [2.45, 2.75) is 43.7 Å². The maximum absolute atomic E-state index is 15.0. The third-order valence-electron chi connectivity index (χ3n) is 5.89. The maximum Gasteiger partial charge on any atom is 0.434 e. The van der Waals surface area contributed by atoms with Gasteiger partial charge in [0.05, 0.1) is 0 Å². The van der Waals surface area contributed by atoms with E-state index in [2.05, 4.69) is 5.10 Å². The lowest BCUT2D eigenvalue weighted by Gasteiger charge is -2.37. The van der Waals surface area contributed by atoms with Gasteiger partial charge in [0, 0.05) is 30.8 Å². The van der Waals surface area contributed by atoms with Crippen LogP contribution in [0.3, 0.4) is 0 Å². The lowest BCUT2D eigenvalue weighted by atomic mass is 10.0. The molecule has 1 aliphatic heterocycles. The van der Waals surface area contributed by atoms with Gasteiger partial charge < -0.3 is 9.15 Å². The fourth-order valence-electron chi connectivity index (χ4n) is 4.16. The number of sulfonamides is 1. The average Bonchev–Trinajstić information content (AvgIpc) is 3.21. The Hall–Kier alpha value is -2.89. The third-order valence-corrected chi connectivity index (χ3v) is 8.25. The SMILES string of the molecule is CO[C@@H](c1n[nH]c(=O)o1)c1cc(F)c(CN2[C@@H](C)CC[C@H](c3ccccc3)S2(=O)=O)cc1F. The van der Waals surface area contributed by atoms with Gasteiger partial charge in [-0.25, -0.2) is 27.1 Å². The van der Waals surface area contributed by atoms with E-state index in [-0.39, 0.29) is 29.6 Å². The molecule has 2 heterocycles. The Morgan fingerprint density at radius 2 is 1.94 bits per heavy atom. The lowest BCUT2D eigenvalue weighted by Crippen LogP contribution is -2.44. The van der Waals surface area contributed by atoms with Gasteiger partial charge >= 0.3 is 5.76 Å². The minimum Gasteiger partial charge on any atom is -0.389 e. The summed E-state index contributed by atoms with van der Waals surface area (Å²) in [6.07, 6.45) is -0.220. The largest absolute Gasteiger partial charge is 0.434 e. The van der Waals surface area contributed by atoms with Crippen molar-refractivity contribution in [1.82, 2.24) is 14.5 Å². The van der Waals surface area contributed by atoms with Crippen LogP contribution in [-0.4, -0.2) is 36.1 Å². The number of aromatic amines is 1. The van der Waals surface area contributed by atoms with Crippen LogP contribution in [0, 0.1) is 11.6 Å². The van der Waals surface area contributed by atoms with Crippen LogP contribution in [0.1, 0.15) is 53.7 Å². The predicted molar refractivity (Wildman–Crippen MR) is 115 cm³/mol. The van der Waals surface area contributed by atoms with E-state index in [1.165, 1.54) is 11.4 Å². The highest BCUT2D eigenvalue weighted by atomic mass is 32.2. The van der Waals surface area contributed by atoms with Gasteiger partial charge in [-0.1, -0.05) is 30.3 Å². The molecule has 33 heavy (non-hydrogen) atoms. The lowest BCUT2D eigenvalue weighted by molar-refractivity contribution is 0.107. The van der Waals surface area contributed by atoms with Crippen LogP contribution >= 0.6 is 0 Å². The molecule has 176 valence electrons. The van der Waals surface area contributed by atoms with Crippen LogP contribution in [0.25, 0.3) is 0 Å². The van der Waals surface area contributed by atoms with Crippen molar-refractivity contribution >= 4 is 10.0 Å². The van der Waals surface area contributed by atoms with E-state index in [9.17, 15) is 17.6 Å². The Labute approximate surface area is 189 Å². The molecule has 3 atom stereocenters. The molecule has 0 bridgehead atoms. The summed E-state index contributed by atoms with van der Waals surface area (Å²) < 4.78 is 67.9. The van der Waals surface area contributed by atoms with E-state index in [1.54, 1.807) is 37.3 Å². The smallest absolute Gasteiger partial charge is 0.389 e. The van der Waals surface area contributed by atoms with Gasteiger partial charge in [-0.2, -0.15) is 4.31 Å².